The first-order valence-corrected chi connectivity index (χ1v) is 4.23. The maximum Gasteiger partial charge on any atom is 0.259 e. The lowest BCUT2D eigenvalue weighted by Gasteiger charge is -1.94. The second-order valence-corrected chi connectivity index (χ2v) is 3.48. The summed E-state index contributed by atoms with van der Waals surface area (Å²) in [5.74, 6) is -0.794. The van der Waals surface area contributed by atoms with Gasteiger partial charge in [-0.05, 0) is 22.6 Å². The van der Waals surface area contributed by atoms with Crippen molar-refractivity contribution in [2.45, 2.75) is 0 Å². The van der Waals surface area contributed by atoms with Gasteiger partial charge in [-0.25, -0.2) is 0 Å². The number of rotatable bonds is 2. The third-order valence-corrected chi connectivity index (χ3v) is 1.98. The normalized spacial score (nSPS) is 16.4. The van der Waals surface area contributed by atoms with Crippen LogP contribution >= 0.6 is 22.6 Å². The van der Waals surface area contributed by atoms with Crippen LogP contribution in [0.15, 0.2) is 34.0 Å². The van der Waals surface area contributed by atoms with Crippen molar-refractivity contribution in [1.29, 1.82) is 0 Å². The molecule has 62 valence electrons. The Bertz CT molecular complexity index is 328. The fraction of sp³-hybridized carbons (Fsp3) is 0. The van der Waals surface area contributed by atoms with E-state index >= 15 is 0 Å². The molecular formula is C8H6INO2. The number of halogens is 1. The number of carbonyl (C=O) groups excluding carboxylic acids is 2. The molecule has 0 atom stereocenters. The van der Waals surface area contributed by atoms with E-state index in [1.807, 2.05) is 22.6 Å². The molecule has 0 aromatic heterocycles. The van der Waals surface area contributed by atoms with Crippen molar-refractivity contribution in [3.05, 3.63) is 34.0 Å². The molecule has 12 heavy (non-hydrogen) atoms. The van der Waals surface area contributed by atoms with E-state index in [0.717, 1.165) is 0 Å². The Morgan fingerprint density at radius 1 is 1.42 bits per heavy atom. The molecule has 0 saturated carbocycles. The van der Waals surface area contributed by atoms with Crippen LogP contribution in [0.4, 0.5) is 0 Å². The van der Waals surface area contributed by atoms with Gasteiger partial charge in [-0.15, -0.1) is 0 Å². The predicted molar refractivity (Wildman–Crippen MR) is 53.5 cm³/mol. The van der Waals surface area contributed by atoms with E-state index in [-0.39, 0.29) is 0 Å². The maximum atomic E-state index is 11.1. The first-order valence-electron chi connectivity index (χ1n) is 3.15. The summed E-state index contributed by atoms with van der Waals surface area (Å²) < 4.78 is 0.547. The Kier molecular flexibility index (Phi) is 2.46. The van der Waals surface area contributed by atoms with Crippen molar-refractivity contribution >= 4 is 34.4 Å². The Hall–Kier alpha value is -0.910. The Labute approximate surface area is 83.4 Å². The molecule has 1 N–H and O–H groups in total. The zero-order valence-corrected chi connectivity index (χ0v) is 8.34. The number of imide groups is 1. The van der Waals surface area contributed by atoms with E-state index in [2.05, 4.69) is 18.5 Å². The monoisotopic (exact) mass is 275 g/mol. The highest BCUT2D eigenvalue weighted by Crippen LogP contribution is 2.24. The molecule has 0 aromatic rings. The van der Waals surface area contributed by atoms with E-state index in [1.54, 1.807) is 0 Å². The summed E-state index contributed by atoms with van der Waals surface area (Å²) >= 11 is 1.90. The van der Waals surface area contributed by atoms with Gasteiger partial charge in [0.25, 0.3) is 11.8 Å². The molecule has 0 bridgehead atoms. The first kappa shape index (κ1) is 9.18. The smallest absolute Gasteiger partial charge is 0.259 e. The van der Waals surface area contributed by atoms with Gasteiger partial charge >= 0.3 is 0 Å². The summed E-state index contributed by atoms with van der Waals surface area (Å²) in [5, 5.41) is 2.16. The van der Waals surface area contributed by atoms with Crippen LogP contribution in [-0.4, -0.2) is 11.8 Å². The summed E-state index contributed by atoms with van der Waals surface area (Å²) in [5.41, 5.74) is 0.634. The third-order valence-electron chi connectivity index (χ3n) is 1.44. The molecule has 0 unspecified atom stereocenters. The van der Waals surface area contributed by atoms with Crippen LogP contribution in [0.1, 0.15) is 0 Å². The molecule has 0 saturated heterocycles. The standard InChI is InChI=1S/C8H6INO2/c1-3-5-6(4(2)9)8(12)10-7(5)11/h3H,1-2H2,(H,10,11,12). The van der Waals surface area contributed by atoms with Gasteiger partial charge in [0.2, 0.25) is 0 Å². The van der Waals surface area contributed by atoms with Gasteiger partial charge in [0.15, 0.2) is 0 Å². The zero-order chi connectivity index (χ0) is 9.30. The zero-order valence-electron chi connectivity index (χ0n) is 6.19. The molecule has 3 nitrogen and oxygen atoms in total. The van der Waals surface area contributed by atoms with Gasteiger partial charge in [0, 0.05) is 3.58 Å². The van der Waals surface area contributed by atoms with Crippen molar-refractivity contribution in [3.8, 4) is 0 Å². The van der Waals surface area contributed by atoms with Gasteiger partial charge in [0.05, 0.1) is 11.1 Å². The quantitative estimate of drug-likeness (QED) is 0.605. The second kappa shape index (κ2) is 3.22. The van der Waals surface area contributed by atoms with Gasteiger partial charge < -0.3 is 0 Å². The SMILES string of the molecule is C=CC1=C(C(=C)I)C(=O)NC1=O. The summed E-state index contributed by atoms with van der Waals surface area (Å²) in [6.45, 7) is 7.03. The molecule has 0 aromatic carbocycles. The van der Waals surface area contributed by atoms with Crippen LogP contribution in [-0.2, 0) is 9.59 Å². The molecule has 4 heteroatoms. The highest BCUT2D eigenvalue weighted by Gasteiger charge is 2.28. The van der Waals surface area contributed by atoms with Crippen molar-refractivity contribution in [3.63, 3.8) is 0 Å². The van der Waals surface area contributed by atoms with E-state index in [4.69, 9.17) is 0 Å². The Morgan fingerprint density at radius 2 is 2.00 bits per heavy atom. The number of hydrogen-bond acceptors (Lipinski definition) is 2. The lowest BCUT2D eigenvalue weighted by Crippen LogP contribution is -2.22. The molecule has 0 spiro atoms. The summed E-state index contributed by atoms with van der Waals surface area (Å²) in [4.78, 5) is 22.1. The van der Waals surface area contributed by atoms with Crippen molar-refractivity contribution in [2.24, 2.45) is 0 Å². The third kappa shape index (κ3) is 1.34. The summed E-state index contributed by atoms with van der Waals surface area (Å²) in [7, 11) is 0. The van der Waals surface area contributed by atoms with Gasteiger partial charge in [0.1, 0.15) is 0 Å². The highest BCUT2D eigenvalue weighted by molar-refractivity contribution is 14.1. The highest BCUT2D eigenvalue weighted by atomic mass is 127. The van der Waals surface area contributed by atoms with Crippen molar-refractivity contribution in [1.82, 2.24) is 5.32 Å². The molecule has 1 rings (SSSR count). The van der Waals surface area contributed by atoms with Crippen molar-refractivity contribution in [2.75, 3.05) is 0 Å². The maximum absolute atomic E-state index is 11.1. The van der Waals surface area contributed by atoms with Crippen LogP contribution < -0.4 is 5.32 Å². The second-order valence-electron chi connectivity index (χ2n) is 2.18. The first-order chi connectivity index (χ1) is 5.57. The Morgan fingerprint density at radius 3 is 2.33 bits per heavy atom. The Balaban J connectivity index is 3.27. The minimum absolute atomic E-state index is 0.305. The van der Waals surface area contributed by atoms with E-state index in [1.165, 1.54) is 6.08 Å². The molecule has 2 amide bonds. The fourth-order valence-corrected chi connectivity index (χ4v) is 1.47. The van der Waals surface area contributed by atoms with Crippen LogP contribution in [0.3, 0.4) is 0 Å². The van der Waals surface area contributed by atoms with Gasteiger partial charge in [-0.1, -0.05) is 19.2 Å². The fourth-order valence-electron chi connectivity index (χ4n) is 0.933. The number of amides is 2. The lowest BCUT2D eigenvalue weighted by molar-refractivity contribution is -0.123. The molecule has 0 fully saturated rings. The van der Waals surface area contributed by atoms with E-state index in [0.29, 0.717) is 14.7 Å². The van der Waals surface area contributed by atoms with Crippen LogP contribution in [0.5, 0.6) is 0 Å². The predicted octanol–water partition coefficient (Wildman–Crippen LogP) is 1.07. The average Bonchev–Trinajstić information content (AvgIpc) is 2.24. The molecule has 1 aliphatic rings. The largest absolute Gasteiger partial charge is 0.288 e. The summed E-state index contributed by atoms with van der Waals surface area (Å²) in [6.07, 6.45) is 1.36. The van der Waals surface area contributed by atoms with Crippen molar-refractivity contribution < 1.29 is 9.59 Å². The minimum Gasteiger partial charge on any atom is -0.288 e. The van der Waals surface area contributed by atoms with Crippen LogP contribution in [0.25, 0.3) is 0 Å². The molecule has 1 heterocycles. The number of hydrogen-bond donors (Lipinski definition) is 1. The number of nitrogens with one attached hydrogen (secondary N) is 1. The van der Waals surface area contributed by atoms with Gasteiger partial charge in [-0.2, -0.15) is 0 Å². The minimum atomic E-state index is -0.400. The molecular weight excluding hydrogens is 269 g/mol. The van der Waals surface area contributed by atoms with Crippen LogP contribution in [0, 0.1) is 0 Å². The van der Waals surface area contributed by atoms with Gasteiger partial charge in [-0.3, -0.25) is 14.9 Å². The van der Waals surface area contributed by atoms with E-state index in [9.17, 15) is 9.59 Å². The topological polar surface area (TPSA) is 46.2 Å². The lowest BCUT2D eigenvalue weighted by atomic mass is 10.1. The summed E-state index contributed by atoms with van der Waals surface area (Å²) in [6, 6.07) is 0. The van der Waals surface area contributed by atoms with E-state index < -0.39 is 11.8 Å². The molecule has 1 aliphatic heterocycles. The number of carbonyl (C=O) groups is 2. The molecule has 0 aliphatic carbocycles. The molecule has 0 radical (unpaired) electrons. The van der Waals surface area contributed by atoms with Crippen LogP contribution in [0.2, 0.25) is 0 Å². The average molecular weight is 275 g/mol.